The molecule has 1 aromatic carbocycles. The number of hydrogen-bond donors (Lipinski definition) is 1. The molecule has 2 nitrogen and oxygen atoms in total. The van der Waals surface area contributed by atoms with Crippen LogP contribution in [0.5, 0.6) is 0 Å². The van der Waals surface area contributed by atoms with Crippen molar-refractivity contribution in [2.45, 2.75) is 6.42 Å². The molecular formula is C11H10O2. The average molecular weight is 174 g/mol. The Morgan fingerprint density at radius 3 is 2.62 bits per heavy atom. The van der Waals surface area contributed by atoms with E-state index in [1.54, 1.807) is 0 Å². The molecule has 2 aliphatic carbocycles. The Labute approximate surface area is 76.5 Å². The minimum absolute atomic E-state index is 0.178. The van der Waals surface area contributed by atoms with E-state index in [0.29, 0.717) is 12.0 Å². The van der Waals surface area contributed by atoms with E-state index in [2.05, 4.69) is 0 Å². The molecule has 0 saturated heterocycles. The van der Waals surface area contributed by atoms with Gasteiger partial charge in [-0.05, 0) is 17.2 Å². The molecule has 66 valence electrons. The summed E-state index contributed by atoms with van der Waals surface area (Å²) in [6.07, 6.45) is 2.47. The maximum atomic E-state index is 11.2. The topological polar surface area (TPSA) is 37.3 Å². The van der Waals surface area contributed by atoms with E-state index in [1.807, 2.05) is 30.3 Å². The Kier molecular flexibility index (Phi) is 1.99. The predicted molar refractivity (Wildman–Crippen MR) is 50.2 cm³/mol. The monoisotopic (exact) mass is 174 g/mol. The predicted octanol–water partition coefficient (Wildman–Crippen LogP) is 1.19. The number of fused-ring (bicyclic) bond motifs is 3. The fraction of sp³-hybridized carbons (Fsp3) is 0.182. The van der Waals surface area contributed by atoms with Gasteiger partial charge in [0.2, 0.25) is 0 Å². The standard InChI is InChI=1S/C11H10O2/c12-7-11(13)10-5-8-1-2-9(6-10)4-3-8/h1-5,12H,6-7H2. The molecule has 0 heterocycles. The van der Waals surface area contributed by atoms with Crippen molar-refractivity contribution >= 4 is 11.9 Å². The number of rotatable bonds is 2. The highest BCUT2D eigenvalue weighted by Crippen LogP contribution is 2.19. The van der Waals surface area contributed by atoms with Crippen molar-refractivity contribution in [2.75, 3.05) is 6.61 Å². The zero-order valence-corrected chi connectivity index (χ0v) is 7.16. The molecule has 13 heavy (non-hydrogen) atoms. The van der Waals surface area contributed by atoms with E-state index in [1.165, 1.54) is 0 Å². The maximum absolute atomic E-state index is 11.2. The molecule has 0 fully saturated rings. The largest absolute Gasteiger partial charge is 0.388 e. The second-order valence-electron chi connectivity index (χ2n) is 3.17. The van der Waals surface area contributed by atoms with Crippen molar-refractivity contribution in [3.05, 3.63) is 41.0 Å². The molecule has 1 aromatic rings. The van der Waals surface area contributed by atoms with Gasteiger partial charge in [0, 0.05) is 12.0 Å². The lowest BCUT2D eigenvalue weighted by Gasteiger charge is -2.00. The normalized spacial score (nSPS) is 13.8. The number of aliphatic hydroxyl groups excluding tert-OH is 1. The van der Waals surface area contributed by atoms with Crippen LogP contribution >= 0.6 is 0 Å². The van der Waals surface area contributed by atoms with Crippen molar-refractivity contribution in [3.8, 4) is 0 Å². The van der Waals surface area contributed by atoms with Crippen molar-refractivity contribution in [3.63, 3.8) is 0 Å². The first kappa shape index (κ1) is 8.20. The minimum Gasteiger partial charge on any atom is -0.388 e. The summed E-state index contributed by atoms with van der Waals surface area (Å²) in [5.74, 6) is -0.178. The van der Waals surface area contributed by atoms with Gasteiger partial charge in [0.05, 0.1) is 0 Å². The maximum Gasteiger partial charge on any atom is 0.184 e. The smallest absolute Gasteiger partial charge is 0.184 e. The van der Waals surface area contributed by atoms with Crippen LogP contribution in [0.3, 0.4) is 0 Å². The fourth-order valence-corrected chi connectivity index (χ4v) is 1.48. The lowest BCUT2D eigenvalue weighted by atomic mass is 10.1. The summed E-state index contributed by atoms with van der Waals surface area (Å²) in [6.45, 7) is -0.396. The quantitative estimate of drug-likeness (QED) is 0.731. The van der Waals surface area contributed by atoms with Gasteiger partial charge in [-0.1, -0.05) is 24.3 Å². The molecule has 3 rings (SSSR count). The molecule has 0 atom stereocenters. The summed E-state index contributed by atoms with van der Waals surface area (Å²) in [6, 6.07) is 7.97. The first-order valence-electron chi connectivity index (χ1n) is 4.23. The van der Waals surface area contributed by atoms with Gasteiger partial charge in [0.1, 0.15) is 6.61 Å². The van der Waals surface area contributed by atoms with Crippen molar-refractivity contribution < 1.29 is 9.90 Å². The number of benzene rings is 1. The van der Waals surface area contributed by atoms with E-state index in [9.17, 15) is 4.79 Å². The molecule has 1 N–H and O–H groups in total. The second-order valence-corrected chi connectivity index (χ2v) is 3.17. The number of aliphatic hydroxyl groups is 1. The van der Waals surface area contributed by atoms with Crippen LogP contribution < -0.4 is 0 Å². The number of hydrogen-bond acceptors (Lipinski definition) is 2. The zero-order chi connectivity index (χ0) is 9.26. The fourth-order valence-electron chi connectivity index (χ4n) is 1.48. The van der Waals surface area contributed by atoms with Crippen LogP contribution in [0.15, 0.2) is 29.8 Å². The van der Waals surface area contributed by atoms with Gasteiger partial charge in [0.25, 0.3) is 0 Å². The van der Waals surface area contributed by atoms with Crippen molar-refractivity contribution in [1.82, 2.24) is 0 Å². The van der Waals surface area contributed by atoms with E-state index in [4.69, 9.17) is 5.11 Å². The Bertz CT molecular complexity index is 360. The van der Waals surface area contributed by atoms with Gasteiger partial charge in [-0.25, -0.2) is 0 Å². The SMILES string of the molecule is O=C(CO)C1=Cc2ccc(cc2)C1. The van der Waals surface area contributed by atoms with Gasteiger partial charge in [0.15, 0.2) is 5.78 Å². The molecular weight excluding hydrogens is 164 g/mol. The van der Waals surface area contributed by atoms with Crippen LogP contribution in [0.2, 0.25) is 0 Å². The van der Waals surface area contributed by atoms with Gasteiger partial charge in [-0.15, -0.1) is 0 Å². The van der Waals surface area contributed by atoms with Gasteiger partial charge in [-0.3, -0.25) is 4.79 Å². The highest BCUT2D eigenvalue weighted by Gasteiger charge is 2.11. The molecule has 0 radical (unpaired) electrons. The molecule has 0 saturated carbocycles. The Balaban J connectivity index is 2.38. The number of ketones is 1. The van der Waals surface area contributed by atoms with Crippen LogP contribution in [-0.2, 0) is 11.2 Å². The van der Waals surface area contributed by atoms with Gasteiger partial charge >= 0.3 is 0 Å². The Hall–Kier alpha value is -1.41. The van der Waals surface area contributed by atoms with E-state index in [-0.39, 0.29) is 5.78 Å². The average Bonchev–Trinajstić information content (AvgIpc) is 2.49. The van der Waals surface area contributed by atoms with Crippen LogP contribution in [0, 0.1) is 0 Å². The van der Waals surface area contributed by atoms with Crippen molar-refractivity contribution in [2.24, 2.45) is 0 Å². The third kappa shape index (κ3) is 1.53. The summed E-state index contributed by atoms with van der Waals surface area (Å²) in [7, 11) is 0. The number of carbonyl (C=O) groups is 1. The molecule has 0 amide bonds. The molecule has 0 aliphatic heterocycles. The highest BCUT2D eigenvalue weighted by atomic mass is 16.3. The van der Waals surface area contributed by atoms with Crippen LogP contribution in [0.25, 0.3) is 6.08 Å². The van der Waals surface area contributed by atoms with Gasteiger partial charge in [-0.2, -0.15) is 0 Å². The van der Waals surface area contributed by atoms with Crippen LogP contribution in [0.4, 0.5) is 0 Å². The first-order chi connectivity index (χ1) is 6.29. The molecule has 2 aliphatic rings. The Morgan fingerprint density at radius 1 is 1.31 bits per heavy atom. The minimum atomic E-state index is -0.396. The van der Waals surface area contributed by atoms with Crippen LogP contribution in [-0.4, -0.2) is 17.5 Å². The number of Topliss-reactive ketones (excluding diaryl/α,β-unsaturated/α-hetero) is 1. The summed E-state index contributed by atoms with van der Waals surface area (Å²) in [5.41, 5.74) is 2.84. The van der Waals surface area contributed by atoms with Crippen molar-refractivity contribution in [1.29, 1.82) is 0 Å². The van der Waals surface area contributed by atoms with E-state index >= 15 is 0 Å². The Morgan fingerprint density at radius 2 is 2.00 bits per heavy atom. The third-order valence-electron chi connectivity index (χ3n) is 2.22. The lowest BCUT2D eigenvalue weighted by Crippen LogP contribution is -2.08. The lowest BCUT2D eigenvalue weighted by molar-refractivity contribution is -0.118. The van der Waals surface area contributed by atoms with Gasteiger partial charge < -0.3 is 5.11 Å². The molecule has 2 heteroatoms. The molecule has 2 bridgehead atoms. The number of carbonyl (C=O) groups excluding carboxylic acids is 1. The zero-order valence-electron chi connectivity index (χ0n) is 7.16. The summed E-state index contributed by atoms with van der Waals surface area (Å²) in [4.78, 5) is 11.2. The summed E-state index contributed by atoms with van der Waals surface area (Å²) >= 11 is 0. The summed E-state index contributed by atoms with van der Waals surface area (Å²) < 4.78 is 0. The highest BCUT2D eigenvalue weighted by molar-refractivity contribution is 6.01. The molecule has 0 spiro atoms. The molecule has 0 aromatic heterocycles. The van der Waals surface area contributed by atoms with E-state index in [0.717, 1.165) is 11.1 Å². The first-order valence-corrected chi connectivity index (χ1v) is 4.23. The second kappa shape index (κ2) is 3.15. The van der Waals surface area contributed by atoms with Crippen LogP contribution in [0.1, 0.15) is 11.1 Å². The van der Waals surface area contributed by atoms with E-state index < -0.39 is 6.61 Å². The molecule has 0 unspecified atom stereocenters. The third-order valence-corrected chi connectivity index (χ3v) is 2.22. The summed E-state index contributed by atoms with van der Waals surface area (Å²) in [5, 5.41) is 8.72.